The van der Waals surface area contributed by atoms with Gasteiger partial charge in [0.15, 0.2) is 0 Å². The van der Waals surface area contributed by atoms with Crippen molar-refractivity contribution in [3.05, 3.63) is 36.5 Å². The Morgan fingerprint density at radius 1 is 1.38 bits per heavy atom. The number of carbonyl (C=O) groups is 1. The molecule has 0 aromatic heterocycles. The van der Waals surface area contributed by atoms with Gasteiger partial charge >= 0.3 is 0 Å². The van der Waals surface area contributed by atoms with Crippen LogP contribution in [-0.4, -0.2) is 13.0 Å². The van der Waals surface area contributed by atoms with E-state index in [2.05, 4.69) is 18.5 Å². The number of rotatable bonds is 3. The van der Waals surface area contributed by atoms with Gasteiger partial charge in [0.2, 0.25) is 0 Å². The smallest absolute Gasteiger partial charge is 0.251 e. The summed E-state index contributed by atoms with van der Waals surface area (Å²) in [6.45, 7) is 13.0. The summed E-state index contributed by atoms with van der Waals surface area (Å²) in [6.07, 6.45) is 3.21. The SMILES string of the molecule is C=C/C=C(\C(=C)C)C(=O)NC.CC. The predicted octanol–water partition coefficient (Wildman–Crippen LogP) is 2.45. The van der Waals surface area contributed by atoms with Crippen molar-refractivity contribution in [3.8, 4) is 0 Å². The van der Waals surface area contributed by atoms with Gasteiger partial charge in [-0.2, -0.15) is 0 Å². The van der Waals surface area contributed by atoms with Gasteiger partial charge in [0, 0.05) is 12.6 Å². The molecule has 0 aliphatic rings. The van der Waals surface area contributed by atoms with Crippen molar-refractivity contribution in [1.82, 2.24) is 5.32 Å². The summed E-state index contributed by atoms with van der Waals surface area (Å²) < 4.78 is 0. The van der Waals surface area contributed by atoms with E-state index in [9.17, 15) is 4.79 Å². The zero-order valence-electron chi connectivity index (χ0n) is 8.98. The number of likely N-dealkylation sites (N-methyl/N-ethyl adjacent to an activating group) is 1. The predicted molar refractivity (Wildman–Crippen MR) is 58.5 cm³/mol. The van der Waals surface area contributed by atoms with Gasteiger partial charge in [0.05, 0.1) is 0 Å². The molecule has 0 unspecified atom stereocenters. The van der Waals surface area contributed by atoms with Crippen molar-refractivity contribution in [2.24, 2.45) is 0 Å². The molecule has 0 spiro atoms. The first-order chi connectivity index (χ1) is 6.13. The van der Waals surface area contributed by atoms with Gasteiger partial charge in [-0.25, -0.2) is 0 Å². The molecule has 0 rings (SSSR count). The number of allylic oxidation sites excluding steroid dienone is 2. The first-order valence-electron chi connectivity index (χ1n) is 4.34. The largest absolute Gasteiger partial charge is 0.355 e. The van der Waals surface area contributed by atoms with E-state index in [0.29, 0.717) is 5.57 Å². The summed E-state index contributed by atoms with van der Waals surface area (Å²) in [7, 11) is 1.59. The molecule has 0 saturated heterocycles. The van der Waals surface area contributed by atoms with E-state index >= 15 is 0 Å². The van der Waals surface area contributed by atoms with E-state index in [-0.39, 0.29) is 5.91 Å². The van der Waals surface area contributed by atoms with E-state index < -0.39 is 0 Å². The van der Waals surface area contributed by atoms with Crippen molar-refractivity contribution in [1.29, 1.82) is 0 Å². The number of carbonyl (C=O) groups excluding carboxylic acids is 1. The quantitative estimate of drug-likeness (QED) is 0.526. The van der Waals surface area contributed by atoms with Crippen molar-refractivity contribution in [3.63, 3.8) is 0 Å². The molecule has 2 nitrogen and oxygen atoms in total. The average molecular weight is 181 g/mol. The number of hydrogen-bond acceptors (Lipinski definition) is 1. The summed E-state index contributed by atoms with van der Waals surface area (Å²) >= 11 is 0. The highest BCUT2D eigenvalue weighted by molar-refractivity contribution is 5.97. The highest BCUT2D eigenvalue weighted by Crippen LogP contribution is 2.05. The lowest BCUT2D eigenvalue weighted by atomic mass is 10.1. The van der Waals surface area contributed by atoms with Crippen LogP contribution in [0.4, 0.5) is 0 Å². The normalized spacial score (nSPS) is 9.38. The second-order valence-electron chi connectivity index (χ2n) is 2.18. The third-order valence-electron chi connectivity index (χ3n) is 1.22. The Kier molecular flexibility index (Phi) is 9.61. The average Bonchev–Trinajstić information content (AvgIpc) is 2.15. The van der Waals surface area contributed by atoms with Gasteiger partial charge < -0.3 is 5.32 Å². The molecule has 1 amide bonds. The molecule has 0 bridgehead atoms. The molecule has 0 aromatic rings. The molecule has 0 radical (unpaired) electrons. The number of hydrogen-bond donors (Lipinski definition) is 1. The summed E-state index contributed by atoms with van der Waals surface area (Å²) in [5.74, 6) is -0.127. The molecule has 74 valence electrons. The Bertz CT molecular complexity index is 214. The summed E-state index contributed by atoms with van der Waals surface area (Å²) in [5.41, 5.74) is 1.31. The lowest BCUT2D eigenvalue weighted by molar-refractivity contribution is -0.116. The molecular formula is C11H19NO. The van der Waals surface area contributed by atoms with Crippen LogP contribution < -0.4 is 5.32 Å². The van der Waals surface area contributed by atoms with E-state index in [4.69, 9.17) is 0 Å². The fourth-order valence-electron chi connectivity index (χ4n) is 0.664. The minimum absolute atomic E-state index is 0.127. The van der Waals surface area contributed by atoms with Crippen LogP contribution in [0.3, 0.4) is 0 Å². The standard InChI is InChI=1S/C9H13NO.C2H6/c1-5-6-8(7(2)3)9(11)10-4;1-2/h5-6H,1-2H2,3-4H3,(H,10,11);1-2H3/b8-6+;. The number of amides is 1. The molecule has 0 aliphatic carbocycles. The van der Waals surface area contributed by atoms with Crippen molar-refractivity contribution in [2.45, 2.75) is 20.8 Å². The first-order valence-corrected chi connectivity index (χ1v) is 4.34. The summed E-state index contributed by atoms with van der Waals surface area (Å²) in [4.78, 5) is 11.1. The monoisotopic (exact) mass is 181 g/mol. The third-order valence-corrected chi connectivity index (χ3v) is 1.22. The highest BCUT2D eigenvalue weighted by Gasteiger charge is 2.05. The molecule has 0 aromatic carbocycles. The lowest BCUT2D eigenvalue weighted by Crippen LogP contribution is -2.20. The fourth-order valence-corrected chi connectivity index (χ4v) is 0.664. The van der Waals surface area contributed by atoms with Crippen LogP contribution in [0.2, 0.25) is 0 Å². The maximum atomic E-state index is 11.1. The maximum Gasteiger partial charge on any atom is 0.251 e. The maximum absolute atomic E-state index is 11.1. The highest BCUT2D eigenvalue weighted by atomic mass is 16.1. The van der Waals surface area contributed by atoms with Gasteiger partial charge in [-0.3, -0.25) is 4.79 Å². The Hall–Kier alpha value is -1.31. The molecule has 0 fully saturated rings. The van der Waals surface area contributed by atoms with Crippen LogP contribution >= 0.6 is 0 Å². The zero-order valence-corrected chi connectivity index (χ0v) is 8.98. The Morgan fingerprint density at radius 3 is 2.08 bits per heavy atom. The molecule has 0 saturated carbocycles. The second-order valence-corrected chi connectivity index (χ2v) is 2.18. The van der Waals surface area contributed by atoms with Crippen LogP contribution in [0.25, 0.3) is 0 Å². The van der Waals surface area contributed by atoms with E-state index in [1.165, 1.54) is 0 Å². The first kappa shape index (κ1) is 14.2. The molecule has 1 N–H and O–H groups in total. The minimum atomic E-state index is -0.127. The zero-order chi connectivity index (χ0) is 10.9. The van der Waals surface area contributed by atoms with Gasteiger partial charge in [0.1, 0.15) is 0 Å². The Morgan fingerprint density at radius 2 is 1.85 bits per heavy atom. The van der Waals surface area contributed by atoms with Crippen LogP contribution in [0.1, 0.15) is 20.8 Å². The molecular weight excluding hydrogens is 162 g/mol. The Balaban J connectivity index is 0. The van der Waals surface area contributed by atoms with Crippen LogP contribution in [0, 0.1) is 0 Å². The molecule has 0 atom stereocenters. The van der Waals surface area contributed by atoms with Crippen LogP contribution in [-0.2, 0) is 4.79 Å². The third kappa shape index (κ3) is 5.91. The van der Waals surface area contributed by atoms with Gasteiger partial charge in [-0.15, -0.1) is 0 Å². The molecule has 2 heteroatoms. The fraction of sp³-hybridized carbons (Fsp3) is 0.364. The second kappa shape index (κ2) is 8.78. The summed E-state index contributed by atoms with van der Waals surface area (Å²) in [6, 6.07) is 0. The Labute approximate surface area is 81.0 Å². The number of nitrogens with one attached hydrogen (secondary N) is 1. The van der Waals surface area contributed by atoms with Crippen molar-refractivity contribution in [2.75, 3.05) is 7.05 Å². The summed E-state index contributed by atoms with van der Waals surface area (Å²) in [5, 5.41) is 2.52. The van der Waals surface area contributed by atoms with Crippen LogP contribution in [0.5, 0.6) is 0 Å². The van der Waals surface area contributed by atoms with Gasteiger partial charge in [-0.05, 0) is 18.6 Å². The van der Waals surface area contributed by atoms with Crippen molar-refractivity contribution >= 4 is 5.91 Å². The molecule has 13 heavy (non-hydrogen) atoms. The van der Waals surface area contributed by atoms with Crippen molar-refractivity contribution < 1.29 is 4.79 Å². The van der Waals surface area contributed by atoms with E-state index in [1.807, 2.05) is 13.8 Å². The molecule has 0 aliphatic heterocycles. The van der Waals surface area contributed by atoms with E-state index in [1.54, 1.807) is 26.1 Å². The van der Waals surface area contributed by atoms with Crippen LogP contribution in [0.15, 0.2) is 36.5 Å². The van der Waals surface area contributed by atoms with E-state index in [0.717, 1.165) is 5.57 Å². The van der Waals surface area contributed by atoms with Gasteiger partial charge in [0.25, 0.3) is 5.91 Å². The lowest BCUT2D eigenvalue weighted by Gasteiger charge is -2.02. The molecule has 0 heterocycles. The van der Waals surface area contributed by atoms with Gasteiger partial charge in [-0.1, -0.05) is 33.1 Å². The topological polar surface area (TPSA) is 29.1 Å². The minimum Gasteiger partial charge on any atom is -0.355 e.